The minimum atomic E-state index is -0.817. The molecule has 1 aliphatic rings. The third-order valence-electron chi connectivity index (χ3n) is 4.45. The third kappa shape index (κ3) is 5.90. The fraction of sp³-hybridized carbons (Fsp3) is 0.350. The molecule has 2 rings (SSSR count). The van der Waals surface area contributed by atoms with Gasteiger partial charge in [-0.15, -0.1) is 0 Å². The van der Waals surface area contributed by atoms with E-state index in [1.165, 1.54) is 14.2 Å². The Morgan fingerprint density at radius 3 is 2.41 bits per heavy atom. The van der Waals surface area contributed by atoms with Crippen molar-refractivity contribution in [1.82, 2.24) is 4.90 Å². The van der Waals surface area contributed by atoms with Gasteiger partial charge in [-0.3, -0.25) is 14.6 Å². The maximum Gasteiger partial charge on any atom is 0.255 e. The van der Waals surface area contributed by atoms with E-state index in [9.17, 15) is 9.59 Å². The van der Waals surface area contributed by atoms with Gasteiger partial charge in [-0.2, -0.15) is 0 Å². The molecule has 1 aliphatic heterocycles. The molecule has 1 unspecified atom stereocenters. The molecule has 0 spiro atoms. The van der Waals surface area contributed by atoms with Gasteiger partial charge in [0.2, 0.25) is 6.41 Å². The lowest BCUT2D eigenvalue weighted by Gasteiger charge is -2.09. The predicted octanol–water partition coefficient (Wildman–Crippen LogP) is -0.411. The molecule has 154 valence electrons. The second-order valence-corrected chi connectivity index (χ2v) is 6.49. The first-order valence-corrected chi connectivity index (χ1v) is 8.92. The van der Waals surface area contributed by atoms with Gasteiger partial charge in [0.25, 0.3) is 5.91 Å². The molecule has 0 saturated carbocycles. The number of rotatable bonds is 7. The molecule has 1 aromatic rings. The lowest BCUT2D eigenvalue weighted by molar-refractivity contribution is -0.117. The highest BCUT2D eigenvalue weighted by molar-refractivity contribution is 6.20. The molecule has 9 nitrogen and oxygen atoms in total. The van der Waals surface area contributed by atoms with Crippen LogP contribution in [0.4, 0.5) is 0 Å². The molecule has 1 aromatic carbocycles. The van der Waals surface area contributed by atoms with Crippen molar-refractivity contribution in [2.45, 2.75) is 6.42 Å². The van der Waals surface area contributed by atoms with Gasteiger partial charge in [0.1, 0.15) is 22.9 Å². The molecular formula is C20H25N5O4. The molecule has 29 heavy (non-hydrogen) atoms. The maximum atomic E-state index is 11.9. The van der Waals surface area contributed by atoms with Crippen molar-refractivity contribution in [3.63, 3.8) is 0 Å². The van der Waals surface area contributed by atoms with Crippen LogP contribution in [0.1, 0.15) is 12.0 Å². The zero-order valence-electron chi connectivity index (χ0n) is 16.5. The zero-order valence-corrected chi connectivity index (χ0v) is 16.5. The molecule has 2 amide bonds. The first-order valence-electron chi connectivity index (χ1n) is 8.92. The SMILES string of the molecule is COc1cc(C#CC(N)=C(C(N)=O)C(N)=NCC2CCN(C=O)C2)cc(OC)c1. The molecule has 0 aromatic heterocycles. The molecule has 0 bridgehead atoms. The number of allylic oxidation sites excluding steroid dienone is 1. The maximum absolute atomic E-state index is 11.9. The second kappa shape index (κ2) is 10.0. The average molecular weight is 399 g/mol. The normalized spacial score (nSPS) is 17.1. The van der Waals surface area contributed by atoms with Gasteiger partial charge in [-0.25, -0.2) is 0 Å². The highest BCUT2D eigenvalue weighted by Gasteiger charge is 2.21. The number of amides is 2. The minimum Gasteiger partial charge on any atom is -0.497 e. The van der Waals surface area contributed by atoms with Crippen LogP contribution >= 0.6 is 0 Å². The van der Waals surface area contributed by atoms with E-state index in [-0.39, 0.29) is 23.0 Å². The number of aliphatic imine (C=N–C) groups is 1. The van der Waals surface area contributed by atoms with E-state index in [0.29, 0.717) is 36.7 Å². The lowest BCUT2D eigenvalue weighted by Crippen LogP contribution is -2.30. The van der Waals surface area contributed by atoms with E-state index in [1.54, 1.807) is 23.1 Å². The number of benzene rings is 1. The van der Waals surface area contributed by atoms with E-state index in [4.69, 9.17) is 26.7 Å². The van der Waals surface area contributed by atoms with Crippen LogP contribution in [0.25, 0.3) is 0 Å². The number of ether oxygens (including phenoxy) is 2. The molecule has 1 saturated heterocycles. The number of hydrogen-bond acceptors (Lipinski definition) is 6. The molecule has 1 heterocycles. The Morgan fingerprint density at radius 1 is 1.24 bits per heavy atom. The summed E-state index contributed by atoms with van der Waals surface area (Å²) in [7, 11) is 3.06. The smallest absolute Gasteiger partial charge is 0.255 e. The van der Waals surface area contributed by atoms with Crippen LogP contribution in [-0.2, 0) is 9.59 Å². The summed E-state index contributed by atoms with van der Waals surface area (Å²) in [6.07, 6.45) is 1.63. The Morgan fingerprint density at radius 2 is 1.90 bits per heavy atom. The van der Waals surface area contributed by atoms with Crippen molar-refractivity contribution < 1.29 is 19.1 Å². The monoisotopic (exact) mass is 399 g/mol. The Bertz CT molecular complexity index is 876. The number of methoxy groups -OCH3 is 2. The Hall–Kier alpha value is -3.67. The average Bonchev–Trinajstić information content (AvgIpc) is 3.18. The Balaban J connectivity index is 2.25. The summed E-state index contributed by atoms with van der Waals surface area (Å²) in [5, 5.41) is 0. The molecule has 0 aliphatic carbocycles. The summed E-state index contributed by atoms with van der Waals surface area (Å²) < 4.78 is 10.4. The minimum absolute atomic E-state index is 0.0722. The fourth-order valence-corrected chi connectivity index (χ4v) is 2.89. The molecule has 1 fully saturated rings. The van der Waals surface area contributed by atoms with E-state index < -0.39 is 5.91 Å². The fourth-order valence-electron chi connectivity index (χ4n) is 2.89. The van der Waals surface area contributed by atoms with Crippen molar-refractivity contribution in [3.8, 4) is 23.3 Å². The summed E-state index contributed by atoms with van der Waals surface area (Å²) in [4.78, 5) is 28.5. The van der Waals surface area contributed by atoms with Crippen molar-refractivity contribution in [1.29, 1.82) is 0 Å². The first-order chi connectivity index (χ1) is 13.9. The van der Waals surface area contributed by atoms with Crippen LogP contribution in [0.15, 0.2) is 34.5 Å². The van der Waals surface area contributed by atoms with E-state index in [0.717, 1.165) is 12.8 Å². The Kier molecular flexibility index (Phi) is 7.48. The van der Waals surface area contributed by atoms with Gasteiger partial charge in [0.05, 0.1) is 19.9 Å². The second-order valence-electron chi connectivity index (χ2n) is 6.49. The largest absolute Gasteiger partial charge is 0.497 e. The van der Waals surface area contributed by atoms with Crippen LogP contribution < -0.4 is 26.7 Å². The highest BCUT2D eigenvalue weighted by atomic mass is 16.5. The van der Waals surface area contributed by atoms with Gasteiger partial charge in [0, 0.05) is 31.3 Å². The number of amidine groups is 1. The summed E-state index contributed by atoms with van der Waals surface area (Å²) in [6.45, 7) is 1.64. The standard InChI is InChI=1S/C20H25N5O4/c1-28-15-7-13(8-16(9-15)29-2)3-4-17(21)18(20(23)27)19(22)24-10-14-5-6-25(11-14)12-26/h7-9,12,14H,5-6,10-11,21H2,1-2H3,(H2,22,24)(H2,23,27). The van der Waals surface area contributed by atoms with Crippen molar-refractivity contribution in [2.75, 3.05) is 33.9 Å². The van der Waals surface area contributed by atoms with Crippen LogP contribution in [0.3, 0.4) is 0 Å². The molecular weight excluding hydrogens is 374 g/mol. The summed E-state index contributed by atoms with van der Waals surface area (Å²) in [5.41, 5.74) is 17.7. The number of carbonyl (C=O) groups excluding carboxylic acids is 2. The Labute approximate surface area is 169 Å². The van der Waals surface area contributed by atoms with Gasteiger partial charge < -0.3 is 31.6 Å². The number of primary amides is 1. The van der Waals surface area contributed by atoms with E-state index >= 15 is 0 Å². The van der Waals surface area contributed by atoms with Crippen molar-refractivity contribution >= 4 is 18.2 Å². The van der Waals surface area contributed by atoms with Crippen molar-refractivity contribution in [3.05, 3.63) is 35.0 Å². The molecule has 0 radical (unpaired) electrons. The molecule has 1 atom stereocenters. The topological polar surface area (TPSA) is 146 Å². The lowest BCUT2D eigenvalue weighted by atomic mass is 10.1. The number of hydrogen-bond donors (Lipinski definition) is 3. The number of nitrogens with two attached hydrogens (primary N) is 3. The number of carbonyl (C=O) groups is 2. The summed E-state index contributed by atoms with van der Waals surface area (Å²) in [6, 6.07) is 5.10. The summed E-state index contributed by atoms with van der Waals surface area (Å²) in [5.74, 6) is 5.93. The van der Waals surface area contributed by atoms with Crippen LogP contribution in [0.5, 0.6) is 11.5 Å². The number of nitrogens with zero attached hydrogens (tertiary/aromatic N) is 2. The van der Waals surface area contributed by atoms with Gasteiger partial charge in [-0.05, 0) is 30.4 Å². The zero-order chi connectivity index (χ0) is 21.4. The van der Waals surface area contributed by atoms with E-state index in [2.05, 4.69) is 16.8 Å². The number of likely N-dealkylation sites (tertiary alicyclic amines) is 1. The third-order valence-corrected chi connectivity index (χ3v) is 4.45. The van der Waals surface area contributed by atoms with Gasteiger partial charge in [-0.1, -0.05) is 5.92 Å². The molecule has 9 heteroatoms. The quantitative estimate of drug-likeness (QED) is 0.187. The predicted molar refractivity (Wildman–Crippen MR) is 109 cm³/mol. The van der Waals surface area contributed by atoms with Crippen LogP contribution in [0, 0.1) is 17.8 Å². The van der Waals surface area contributed by atoms with Crippen LogP contribution in [0.2, 0.25) is 0 Å². The van der Waals surface area contributed by atoms with Gasteiger partial charge >= 0.3 is 0 Å². The van der Waals surface area contributed by atoms with Crippen molar-refractivity contribution in [2.24, 2.45) is 28.1 Å². The molecule has 6 N–H and O–H groups in total. The summed E-state index contributed by atoms with van der Waals surface area (Å²) >= 11 is 0. The highest BCUT2D eigenvalue weighted by Crippen LogP contribution is 2.22. The van der Waals surface area contributed by atoms with E-state index in [1.807, 2.05) is 0 Å². The van der Waals surface area contributed by atoms with Crippen LogP contribution in [-0.4, -0.2) is 56.9 Å². The van der Waals surface area contributed by atoms with Gasteiger partial charge in [0.15, 0.2) is 0 Å². The first kappa shape index (κ1) is 21.6.